The lowest BCUT2D eigenvalue weighted by molar-refractivity contribution is -0.130. The Morgan fingerprint density at radius 2 is 1.63 bits per heavy atom. The van der Waals surface area contributed by atoms with Crippen LogP contribution in [-0.2, 0) is 20.9 Å². The zero-order valence-corrected chi connectivity index (χ0v) is 16.0. The van der Waals surface area contributed by atoms with Gasteiger partial charge in [0.25, 0.3) is 0 Å². The number of nitrogens with zero attached hydrogens (tertiary/aromatic N) is 1. The van der Waals surface area contributed by atoms with Gasteiger partial charge in [0.05, 0.1) is 0 Å². The third kappa shape index (κ3) is 6.75. The molecule has 142 valence electrons. The Labute approximate surface area is 163 Å². The molecule has 0 atom stereocenters. The molecule has 2 N–H and O–H groups in total. The number of anilines is 2. The van der Waals surface area contributed by atoms with Crippen molar-refractivity contribution in [3.8, 4) is 0 Å². The summed E-state index contributed by atoms with van der Waals surface area (Å²) in [6.07, 6.45) is 0.147. The maximum atomic E-state index is 12.2. The van der Waals surface area contributed by atoms with Gasteiger partial charge in [-0.3, -0.25) is 14.4 Å². The summed E-state index contributed by atoms with van der Waals surface area (Å²) < 4.78 is 0. The van der Waals surface area contributed by atoms with Crippen molar-refractivity contribution in [1.29, 1.82) is 0 Å². The first kappa shape index (κ1) is 20.5. The molecule has 0 aliphatic carbocycles. The van der Waals surface area contributed by atoms with E-state index in [-0.39, 0.29) is 30.7 Å². The topological polar surface area (TPSA) is 78.5 Å². The fourth-order valence-electron chi connectivity index (χ4n) is 2.52. The minimum absolute atomic E-state index is 0.129. The lowest BCUT2D eigenvalue weighted by Crippen LogP contribution is -2.31. The summed E-state index contributed by atoms with van der Waals surface area (Å²) in [4.78, 5) is 36.8. The van der Waals surface area contributed by atoms with Crippen LogP contribution in [0.5, 0.6) is 0 Å². The third-order valence-electron chi connectivity index (χ3n) is 3.84. The van der Waals surface area contributed by atoms with Crippen LogP contribution in [-0.4, -0.2) is 29.2 Å². The molecule has 0 aromatic heterocycles. The molecular weight excluding hydrogens is 366 g/mol. The summed E-state index contributed by atoms with van der Waals surface area (Å²) in [5.74, 6) is -0.536. The second-order valence-corrected chi connectivity index (χ2v) is 6.50. The van der Waals surface area contributed by atoms with Gasteiger partial charge < -0.3 is 15.5 Å². The largest absolute Gasteiger partial charge is 0.338 e. The first-order valence-corrected chi connectivity index (χ1v) is 8.89. The molecule has 0 heterocycles. The number of hydrogen-bond acceptors (Lipinski definition) is 3. The Morgan fingerprint density at radius 3 is 2.26 bits per heavy atom. The maximum Gasteiger partial charge on any atom is 0.226 e. The highest BCUT2D eigenvalue weighted by molar-refractivity contribution is 6.31. The third-order valence-corrected chi connectivity index (χ3v) is 4.21. The Hall–Kier alpha value is -2.86. The van der Waals surface area contributed by atoms with E-state index < -0.39 is 0 Å². The van der Waals surface area contributed by atoms with Gasteiger partial charge in [0.15, 0.2) is 0 Å². The molecular formula is C20H22ClN3O3. The first-order chi connectivity index (χ1) is 12.8. The van der Waals surface area contributed by atoms with E-state index in [0.29, 0.717) is 22.9 Å². The van der Waals surface area contributed by atoms with E-state index in [1.165, 1.54) is 13.8 Å². The molecule has 0 unspecified atom stereocenters. The van der Waals surface area contributed by atoms with Crippen LogP contribution in [0.4, 0.5) is 11.4 Å². The molecule has 6 nitrogen and oxygen atoms in total. The van der Waals surface area contributed by atoms with Crippen LogP contribution in [0.25, 0.3) is 0 Å². The summed E-state index contributed by atoms with van der Waals surface area (Å²) in [6.45, 7) is 3.50. The number of halogens is 1. The number of carbonyl (C=O) groups is 3. The van der Waals surface area contributed by atoms with Crippen LogP contribution in [0.15, 0.2) is 48.5 Å². The van der Waals surface area contributed by atoms with Gasteiger partial charge in [-0.05, 0) is 29.8 Å². The van der Waals surface area contributed by atoms with Crippen LogP contribution in [0.1, 0.15) is 25.8 Å². The Bertz CT molecular complexity index is 839. The average Bonchev–Trinajstić information content (AvgIpc) is 2.59. The number of benzene rings is 2. The van der Waals surface area contributed by atoms with Crippen molar-refractivity contribution < 1.29 is 14.4 Å². The molecule has 0 bridgehead atoms. The minimum Gasteiger partial charge on any atom is -0.338 e. The fraction of sp³-hybridized carbons (Fsp3) is 0.250. The highest BCUT2D eigenvalue weighted by atomic mass is 35.5. The molecule has 3 amide bonds. The summed E-state index contributed by atoms with van der Waals surface area (Å²) in [5, 5.41) is 6.02. The molecule has 0 spiro atoms. The highest BCUT2D eigenvalue weighted by Crippen LogP contribution is 2.18. The molecule has 0 fully saturated rings. The van der Waals surface area contributed by atoms with Gasteiger partial charge >= 0.3 is 0 Å². The quantitative estimate of drug-likeness (QED) is 0.760. The van der Waals surface area contributed by atoms with Crippen molar-refractivity contribution in [2.75, 3.05) is 17.2 Å². The first-order valence-electron chi connectivity index (χ1n) is 8.51. The van der Waals surface area contributed by atoms with Gasteiger partial charge in [-0.15, -0.1) is 0 Å². The second kappa shape index (κ2) is 9.73. The molecule has 2 aromatic carbocycles. The molecule has 0 saturated heterocycles. The monoisotopic (exact) mass is 387 g/mol. The molecule has 0 radical (unpaired) electrons. The van der Waals surface area contributed by atoms with E-state index in [4.69, 9.17) is 11.6 Å². The second-order valence-electron chi connectivity index (χ2n) is 6.09. The van der Waals surface area contributed by atoms with Gasteiger partial charge in [0.1, 0.15) is 0 Å². The van der Waals surface area contributed by atoms with Crippen molar-refractivity contribution in [1.82, 2.24) is 4.90 Å². The number of hydrogen-bond donors (Lipinski definition) is 2. The van der Waals surface area contributed by atoms with Crippen molar-refractivity contribution in [3.05, 3.63) is 59.1 Å². The number of amides is 3. The van der Waals surface area contributed by atoms with E-state index in [9.17, 15) is 14.4 Å². The molecule has 0 aliphatic heterocycles. The smallest absolute Gasteiger partial charge is 0.226 e. The summed E-state index contributed by atoms with van der Waals surface area (Å²) in [7, 11) is 0. The number of carbonyl (C=O) groups excluding carboxylic acids is 3. The Balaban J connectivity index is 1.93. The van der Waals surface area contributed by atoms with E-state index in [1.54, 1.807) is 35.2 Å². The number of nitrogens with one attached hydrogen (secondary N) is 2. The van der Waals surface area contributed by atoms with Gasteiger partial charge in [-0.25, -0.2) is 0 Å². The van der Waals surface area contributed by atoms with Crippen LogP contribution < -0.4 is 10.6 Å². The number of rotatable bonds is 7. The van der Waals surface area contributed by atoms with E-state index in [0.717, 1.165) is 5.56 Å². The summed E-state index contributed by atoms with van der Waals surface area (Å²) >= 11 is 6.15. The predicted octanol–water partition coefficient (Wildman–Crippen LogP) is 3.68. The minimum atomic E-state index is -0.222. The molecule has 0 aliphatic rings. The van der Waals surface area contributed by atoms with E-state index in [2.05, 4.69) is 10.6 Å². The van der Waals surface area contributed by atoms with Crippen LogP contribution >= 0.6 is 11.6 Å². The van der Waals surface area contributed by atoms with Crippen molar-refractivity contribution in [3.63, 3.8) is 0 Å². The SMILES string of the molecule is CC(=O)Nc1cccc(NC(=O)CCN(Cc2ccccc2Cl)C(C)=O)c1. The van der Waals surface area contributed by atoms with Gasteiger partial charge in [-0.2, -0.15) is 0 Å². The Morgan fingerprint density at radius 1 is 0.963 bits per heavy atom. The normalized spacial score (nSPS) is 10.2. The van der Waals surface area contributed by atoms with E-state index in [1.807, 2.05) is 18.2 Å². The lowest BCUT2D eigenvalue weighted by atomic mass is 10.2. The van der Waals surface area contributed by atoms with Crippen LogP contribution in [0, 0.1) is 0 Å². The molecule has 0 saturated carbocycles. The van der Waals surface area contributed by atoms with Crippen molar-refractivity contribution >= 4 is 40.7 Å². The van der Waals surface area contributed by atoms with Crippen LogP contribution in [0.3, 0.4) is 0 Å². The van der Waals surface area contributed by atoms with Crippen molar-refractivity contribution in [2.24, 2.45) is 0 Å². The lowest BCUT2D eigenvalue weighted by Gasteiger charge is -2.21. The summed E-state index contributed by atoms with van der Waals surface area (Å²) in [5.41, 5.74) is 2.01. The van der Waals surface area contributed by atoms with Crippen LogP contribution in [0.2, 0.25) is 5.02 Å². The molecule has 27 heavy (non-hydrogen) atoms. The molecule has 2 aromatic rings. The zero-order chi connectivity index (χ0) is 19.8. The fourth-order valence-corrected chi connectivity index (χ4v) is 2.71. The highest BCUT2D eigenvalue weighted by Gasteiger charge is 2.13. The standard InChI is InChI=1S/C20H22ClN3O3/c1-14(25)22-17-7-5-8-18(12-17)23-20(27)10-11-24(15(2)26)13-16-6-3-4-9-19(16)21/h3-9,12H,10-11,13H2,1-2H3,(H,22,25)(H,23,27). The Kier molecular flexibility index (Phi) is 7.37. The molecule has 7 heteroatoms. The maximum absolute atomic E-state index is 12.2. The average molecular weight is 388 g/mol. The van der Waals surface area contributed by atoms with E-state index >= 15 is 0 Å². The predicted molar refractivity (Wildman–Crippen MR) is 107 cm³/mol. The molecule has 2 rings (SSSR count). The van der Waals surface area contributed by atoms with Gasteiger partial charge in [-0.1, -0.05) is 35.9 Å². The van der Waals surface area contributed by atoms with Gasteiger partial charge in [0, 0.05) is 49.8 Å². The van der Waals surface area contributed by atoms with Crippen molar-refractivity contribution in [2.45, 2.75) is 26.8 Å². The summed E-state index contributed by atoms with van der Waals surface area (Å²) in [6, 6.07) is 14.2. The van der Waals surface area contributed by atoms with Gasteiger partial charge in [0.2, 0.25) is 17.7 Å². The zero-order valence-electron chi connectivity index (χ0n) is 15.3.